The number of hydrogen-bond donors (Lipinski definition) is 0. The van der Waals surface area contributed by atoms with Crippen LogP contribution in [0.25, 0.3) is 11.3 Å². The van der Waals surface area contributed by atoms with Crippen molar-refractivity contribution in [2.45, 2.75) is 32.7 Å². The summed E-state index contributed by atoms with van der Waals surface area (Å²) in [6.07, 6.45) is 0.119. The van der Waals surface area contributed by atoms with E-state index in [0.717, 1.165) is 11.3 Å². The molecule has 0 N–H and O–H groups in total. The highest BCUT2D eigenvalue weighted by atomic mass is 19.1. The predicted molar refractivity (Wildman–Crippen MR) is 78.3 cm³/mol. The van der Waals surface area contributed by atoms with Gasteiger partial charge in [-0.2, -0.15) is 5.10 Å². The molecule has 0 bridgehead atoms. The summed E-state index contributed by atoms with van der Waals surface area (Å²) in [7, 11) is 1.35. The molecule has 0 aliphatic heterocycles. The van der Waals surface area contributed by atoms with Gasteiger partial charge in [0.2, 0.25) is 0 Å². The molecule has 21 heavy (non-hydrogen) atoms. The Morgan fingerprint density at radius 3 is 2.43 bits per heavy atom. The molecule has 0 saturated heterocycles. The van der Waals surface area contributed by atoms with Gasteiger partial charge in [-0.05, 0) is 51.1 Å². The molecule has 0 aliphatic rings. The Labute approximate surface area is 123 Å². The molecule has 2 rings (SSSR count). The van der Waals surface area contributed by atoms with E-state index in [1.54, 1.807) is 12.1 Å². The molecule has 0 saturated carbocycles. The summed E-state index contributed by atoms with van der Waals surface area (Å²) in [4.78, 5) is 11.4. The Morgan fingerprint density at radius 2 is 1.90 bits per heavy atom. The molecule has 1 aromatic heterocycles. The lowest BCUT2D eigenvalue weighted by Crippen LogP contribution is -2.24. The normalized spacial score (nSPS) is 11.5. The van der Waals surface area contributed by atoms with Crippen molar-refractivity contribution in [3.05, 3.63) is 41.8 Å². The SMILES string of the molecule is COC(=O)Cc1cc(-c2ccc(F)cc2)n(C(C)(C)C)n1. The summed E-state index contributed by atoms with van der Waals surface area (Å²) in [5.74, 6) is -0.616. The van der Waals surface area contributed by atoms with Gasteiger partial charge in [0.25, 0.3) is 0 Å². The number of rotatable bonds is 3. The van der Waals surface area contributed by atoms with Crippen LogP contribution in [0.15, 0.2) is 30.3 Å². The highest BCUT2D eigenvalue weighted by molar-refractivity contribution is 5.72. The molecule has 5 heteroatoms. The largest absolute Gasteiger partial charge is 0.469 e. The average Bonchev–Trinajstić information content (AvgIpc) is 2.83. The molecule has 0 amide bonds. The van der Waals surface area contributed by atoms with Crippen LogP contribution in [0.5, 0.6) is 0 Å². The van der Waals surface area contributed by atoms with Gasteiger partial charge < -0.3 is 4.74 Å². The number of hydrogen-bond acceptors (Lipinski definition) is 3. The summed E-state index contributed by atoms with van der Waals surface area (Å²) in [5.41, 5.74) is 2.09. The third-order valence-corrected chi connectivity index (χ3v) is 3.09. The molecular formula is C16H19FN2O2. The van der Waals surface area contributed by atoms with Gasteiger partial charge in [0.05, 0.1) is 30.5 Å². The molecule has 112 valence electrons. The molecule has 0 fully saturated rings. The van der Waals surface area contributed by atoms with Crippen LogP contribution < -0.4 is 0 Å². The molecule has 0 atom stereocenters. The van der Waals surface area contributed by atoms with Crippen molar-refractivity contribution in [2.24, 2.45) is 0 Å². The molecule has 4 nitrogen and oxygen atoms in total. The van der Waals surface area contributed by atoms with Crippen molar-refractivity contribution >= 4 is 5.97 Å². The highest BCUT2D eigenvalue weighted by Gasteiger charge is 2.21. The van der Waals surface area contributed by atoms with Gasteiger partial charge in [-0.25, -0.2) is 4.39 Å². The standard InChI is InChI=1S/C16H19FN2O2/c1-16(2,3)19-14(11-5-7-12(17)8-6-11)9-13(18-19)10-15(20)21-4/h5-9H,10H2,1-4H3. The summed E-state index contributed by atoms with van der Waals surface area (Å²) < 4.78 is 19.6. The number of esters is 1. The number of ether oxygens (including phenoxy) is 1. The maximum Gasteiger partial charge on any atom is 0.311 e. The molecule has 0 radical (unpaired) electrons. The third kappa shape index (κ3) is 3.48. The van der Waals surface area contributed by atoms with E-state index < -0.39 is 0 Å². The van der Waals surface area contributed by atoms with Gasteiger partial charge in [0, 0.05) is 5.56 Å². The number of aromatic nitrogens is 2. The molecule has 2 aromatic rings. The third-order valence-electron chi connectivity index (χ3n) is 3.09. The first-order valence-electron chi connectivity index (χ1n) is 6.73. The number of halogens is 1. The van der Waals surface area contributed by atoms with E-state index in [1.165, 1.54) is 19.2 Å². The summed E-state index contributed by atoms with van der Waals surface area (Å²) in [5, 5.41) is 4.49. The maximum atomic E-state index is 13.1. The van der Waals surface area contributed by atoms with Crippen LogP contribution in [-0.4, -0.2) is 22.9 Å². The van der Waals surface area contributed by atoms with Crippen molar-refractivity contribution in [2.75, 3.05) is 7.11 Å². The van der Waals surface area contributed by atoms with Crippen LogP contribution in [0.1, 0.15) is 26.5 Å². The van der Waals surface area contributed by atoms with Crippen LogP contribution in [-0.2, 0) is 21.5 Å². The average molecular weight is 290 g/mol. The van der Waals surface area contributed by atoms with Gasteiger partial charge in [-0.15, -0.1) is 0 Å². The topological polar surface area (TPSA) is 44.1 Å². The van der Waals surface area contributed by atoms with Crippen LogP contribution >= 0.6 is 0 Å². The van der Waals surface area contributed by atoms with Crippen LogP contribution in [0, 0.1) is 5.82 Å². The van der Waals surface area contributed by atoms with Crippen LogP contribution in [0.2, 0.25) is 0 Å². The summed E-state index contributed by atoms with van der Waals surface area (Å²) in [6, 6.07) is 8.08. The van der Waals surface area contributed by atoms with Crippen molar-refractivity contribution in [1.29, 1.82) is 0 Å². The quantitative estimate of drug-likeness (QED) is 0.816. The first kappa shape index (κ1) is 15.2. The first-order chi connectivity index (χ1) is 9.81. The second-order valence-electron chi connectivity index (χ2n) is 5.86. The zero-order valence-electron chi connectivity index (χ0n) is 12.7. The molecule has 1 aromatic carbocycles. The van der Waals surface area contributed by atoms with Crippen molar-refractivity contribution in [3.8, 4) is 11.3 Å². The van der Waals surface area contributed by atoms with E-state index in [9.17, 15) is 9.18 Å². The zero-order valence-corrected chi connectivity index (χ0v) is 12.7. The van der Waals surface area contributed by atoms with Gasteiger partial charge in [0.1, 0.15) is 5.82 Å². The lowest BCUT2D eigenvalue weighted by molar-refractivity contribution is -0.139. The van der Waals surface area contributed by atoms with E-state index in [4.69, 9.17) is 0 Å². The van der Waals surface area contributed by atoms with Crippen LogP contribution in [0.3, 0.4) is 0 Å². The lowest BCUT2D eigenvalue weighted by Gasteiger charge is -2.22. The minimum Gasteiger partial charge on any atom is -0.469 e. The Balaban J connectivity index is 2.47. The van der Waals surface area contributed by atoms with Crippen LogP contribution in [0.4, 0.5) is 4.39 Å². The van der Waals surface area contributed by atoms with Crippen molar-refractivity contribution in [1.82, 2.24) is 9.78 Å². The van der Waals surface area contributed by atoms with Crippen molar-refractivity contribution in [3.63, 3.8) is 0 Å². The van der Waals surface area contributed by atoms with Gasteiger partial charge >= 0.3 is 5.97 Å². The zero-order chi connectivity index (χ0) is 15.6. The lowest BCUT2D eigenvalue weighted by atomic mass is 10.1. The molecule has 0 aliphatic carbocycles. The Bertz CT molecular complexity index is 639. The molecule has 0 unspecified atom stereocenters. The number of carbonyl (C=O) groups is 1. The Morgan fingerprint density at radius 1 is 1.29 bits per heavy atom. The fourth-order valence-electron chi connectivity index (χ4n) is 2.07. The fourth-order valence-corrected chi connectivity index (χ4v) is 2.07. The minimum absolute atomic E-state index is 0.119. The fraction of sp³-hybridized carbons (Fsp3) is 0.375. The van der Waals surface area contributed by atoms with Crippen molar-refractivity contribution < 1.29 is 13.9 Å². The molecule has 1 heterocycles. The van der Waals surface area contributed by atoms with E-state index in [-0.39, 0.29) is 23.7 Å². The maximum absolute atomic E-state index is 13.1. The van der Waals surface area contributed by atoms with E-state index in [0.29, 0.717) is 5.69 Å². The van der Waals surface area contributed by atoms with E-state index in [2.05, 4.69) is 9.84 Å². The number of benzene rings is 1. The van der Waals surface area contributed by atoms with Gasteiger partial charge in [-0.3, -0.25) is 9.48 Å². The molecule has 0 spiro atoms. The second-order valence-corrected chi connectivity index (χ2v) is 5.86. The smallest absolute Gasteiger partial charge is 0.311 e. The highest BCUT2D eigenvalue weighted by Crippen LogP contribution is 2.27. The molecular weight excluding hydrogens is 271 g/mol. The van der Waals surface area contributed by atoms with E-state index >= 15 is 0 Å². The Hall–Kier alpha value is -2.17. The van der Waals surface area contributed by atoms with Gasteiger partial charge in [-0.1, -0.05) is 0 Å². The predicted octanol–water partition coefficient (Wildman–Crippen LogP) is 3.16. The summed E-state index contributed by atoms with van der Waals surface area (Å²) >= 11 is 0. The second kappa shape index (κ2) is 5.68. The minimum atomic E-state index is -0.334. The first-order valence-corrected chi connectivity index (χ1v) is 6.73. The monoisotopic (exact) mass is 290 g/mol. The Kier molecular flexibility index (Phi) is 4.11. The van der Waals surface area contributed by atoms with E-state index in [1.807, 2.05) is 31.5 Å². The number of carbonyl (C=O) groups excluding carboxylic acids is 1. The number of nitrogens with zero attached hydrogens (tertiary/aromatic N) is 2. The number of methoxy groups -OCH3 is 1. The van der Waals surface area contributed by atoms with Gasteiger partial charge in [0.15, 0.2) is 0 Å². The summed E-state index contributed by atoms with van der Waals surface area (Å²) in [6.45, 7) is 6.07.